The van der Waals surface area contributed by atoms with Crippen molar-refractivity contribution in [2.75, 3.05) is 6.61 Å². The zero-order valence-corrected chi connectivity index (χ0v) is 11.3. The second-order valence-electron chi connectivity index (χ2n) is 5.38. The number of halogens is 1. The molecule has 0 radical (unpaired) electrons. The van der Waals surface area contributed by atoms with Gasteiger partial charge in [0.15, 0.2) is 0 Å². The monoisotopic (exact) mass is 271 g/mol. The second-order valence-corrected chi connectivity index (χ2v) is 5.38. The van der Waals surface area contributed by atoms with Gasteiger partial charge in [-0.2, -0.15) is 0 Å². The normalized spacial score (nSPS) is 19.0. The number of benzene rings is 2. The summed E-state index contributed by atoms with van der Waals surface area (Å²) >= 11 is 0. The maximum absolute atomic E-state index is 13.2. The van der Waals surface area contributed by atoms with Gasteiger partial charge in [0.25, 0.3) is 0 Å². The van der Waals surface area contributed by atoms with Crippen LogP contribution in [0.25, 0.3) is 0 Å². The van der Waals surface area contributed by atoms with Gasteiger partial charge in [-0.3, -0.25) is 0 Å². The minimum Gasteiger partial charge on any atom is -0.493 e. The minimum absolute atomic E-state index is 0.0230. The number of hydrogen-bond acceptors (Lipinski definition) is 2. The van der Waals surface area contributed by atoms with E-state index in [1.165, 1.54) is 11.6 Å². The molecule has 2 unspecified atom stereocenters. The fraction of sp³-hybridized carbons (Fsp3) is 0.294. The van der Waals surface area contributed by atoms with Crippen LogP contribution >= 0.6 is 0 Å². The van der Waals surface area contributed by atoms with Crippen LogP contribution in [0.2, 0.25) is 0 Å². The molecule has 0 saturated heterocycles. The Morgan fingerprint density at radius 1 is 1.20 bits per heavy atom. The molecule has 104 valence electrons. The second kappa shape index (κ2) is 5.63. The van der Waals surface area contributed by atoms with Gasteiger partial charge in [0.1, 0.15) is 11.6 Å². The molecule has 3 rings (SSSR count). The lowest BCUT2D eigenvalue weighted by molar-refractivity contribution is 0.199. The van der Waals surface area contributed by atoms with Gasteiger partial charge in [0.2, 0.25) is 0 Å². The molecule has 0 saturated carbocycles. The predicted octanol–water partition coefficient (Wildman–Crippen LogP) is 2.95. The van der Waals surface area contributed by atoms with Crippen LogP contribution in [0.4, 0.5) is 4.39 Å². The van der Waals surface area contributed by atoms with E-state index in [0.717, 1.165) is 17.7 Å². The molecular formula is C17H18FNO. The van der Waals surface area contributed by atoms with E-state index < -0.39 is 0 Å². The average Bonchev–Trinajstić information content (AvgIpc) is 2.47. The molecule has 2 N–H and O–H groups in total. The average molecular weight is 271 g/mol. The largest absolute Gasteiger partial charge is 0.493 e. The van der Waals surface area contributed by atoms with Crippen molar-refractivity contribution in [3.63, 3.8) is 0 Å². The number of rotatable bonds is 3. The van der Waals surface area contributed by atoms with Crippen molar-refractivity contribution in [2.24, 2.45) is 11.7 Å². The molecule has 0 fully saturated rings. The summed E-state index contributed by atoms with van der Waals surface area (Å²) < 4.78 is 19.0. The number of nitrogens with two attached hydrogens (primary N) is 1. The molecule has 0 amide bonds. The van der Waals surface area contributed by atoms with Crippen LogP contribution in [0.15, 0.2) is 48.5 Å². The molecule has 2 aromatic rings. The summed E-state index contributed by atoms with van der Waals surface area (Å²) in [5.41, 5.74) is 8.43. The smallest absolute Gasteiger partial charge is 0.123 e. The van der Waals surface area contributed by atoms with Crippen LogP contribution in [-0.2, 0) is 12.8 Å². The molecule has 2 aromatic carbocycles. The van der Waals surface area contributed by atoms with Crippen LogP contribution in [0, 0.1) is 11.7 Å². The van der Waals surface area contributed by atoms with Crippen LogP contribution in [0.3, 0.4) is 0 Å². The van der Waals surface area contributed by atoms with E-state index in [2.05, 4.69) is 6.07 Å². The highest BCUT2D eigenvalue weighted by molar-refractivity contribution is 5.35. The predicted molar refractivity (Wildman–Crippen MR) is 77.2 cm³/mol. The first-order valence-electron chi connectivity index (χ1n) is 6.93. The lowest BCUT2D eigenvalue weighted by Crippen LogP contribution is -2.39. The minimum atomic E-state index is -0.208. The molecule has 2 atom stereocenters. The maximum atomic E-state index is 13.2. The summed E-state index contributed by atoms with van der Waals surface area (Å²) in [6.45, 7) is 0.632. The van der Waals surface area contributed by atoms with E-state index in [4.69, 9.17) is 10.5 Å². The van der Waals surface area contributed by atoms with Crippen LogP contribution in [0.5, 0.6) is 5.75 Å². The zero-order chi connectivity index (χ0) is 13.9. The third kappa shape index (κ3) is 2.83. The first-order chi connectivity index (χ1) is 9.72. The molecule has 20 heavy (non-hydrogen) atoms. The van der Waals surface area contributed by atoms with Gasteiger partial charge < -0.3 is 10.5 Å². The van der Waals surface area contributed by atoms with Gasteiger partial charge in [-0.05, 0) is 42.2 Å². The van der Waals surface area contributed by atoms with E-state index >= 15 is 0 Å². The van der Waals surface area contributed by atoms with Crippen LogP contribution in [-0.4, -0.2) is 12.6 Å². The quantitative estimate of drug-likeness (QED) is 0.931. The lowest BCUT2D eigenvalue weighted by atomic mass is 9.87. The van der Waals surface area contributed by atoms with Crippen molar-refractivity contribution in [3.8, 4) is 5.75 Å². The summed E-state index contributed by atoms with van der Waals surface area (Å²) in [4.78, 5) is 0. The van der Waals surface area contributed by atoms with E-state index in [1.54, 1.807) is 12.1 Å². The number of ether oxygens (including phenoxy) is 1. The van der Waals surface area contributed by atoms with Gasteiger partial charge in [-0.15, -0.1) is 0 Å². The first kappa shape index (κ1) is 13.1. The van der Waals surface area contributed by atoms with Gasteiger partial charge in [-0.25, -0.2) is 4.39 Å². The standard InChI is InChI=1S/C17H18FNO/c18-15-6-3-4-12(8-15)9-16(19)14-10-13-5-1-2-7-17(13)20-11-14/h1-8,14,16H,9-11,19H2. The Balaban J connectivity index is 1.68. The molecule has 2 nitrogen and oxygen atoms in total. The summed E-state index contributed by atoms with van der Waals surface area (Å²) in [6, 6.07) is 14.7. The van der Waals surface area contributed by atoms with Gasteiger partial charge in [-0.1, -0.05) is 30.3 Å². The number of para-hydroxylation sites is 1. The van der Waals surface area contributed by atoms with Gasteiger partial charge in [0.05, 0.1) is 6.61 Å². The topological polar surface area (TPSA) is 35.2 Å². The number of hydrogen-bond donors (Lipinski definition) is 1. The van der Waals surface area contributed by atoms with Crippen molar-refractivity contribution in [1.29, 1.82) is 0 Å². The third-order valence-corrected chi connectivity index (χ3v) is 3.87. The molecule has 1 heterocycles. The first-order valence-corrected chi connectivity index (χ1v) is 6.93. The summed E-state index contributed by atoms with van der Waals surface area (Å²) in [5, 5.41) is 0. The zero-order valence-electron chi connectivity index (χ0n) is 11.3. The highest BCUT2D eigenvalue weighted by atomic mass is 19.1. The molecule has 3 heteroatoms. The van der Waals surface area contributed by atoms with Crippen molar-refractivity contribution in [2.45, 2.75) is 18.9 Å². The van der Waals surface area contributed by atoms with Crippen molar-refractivity contribution < 1.29 is 9.13 Å². The van der Waals surface area contributed by atoms with Gasteiger partial charge in [0, 0.05) is 12.0 Å². The Labute approximate surface area is 118 Å². The summed E-state index contributed by atoms with van der Waals surface area (Å²) in [5.74, 6) is 1.02. The van der Waals surface area contributed by atoms with Crippen molar-refractivity contribution in [1.82, 2.24) is 0 Å². The summed E-state index contributed by atoms with van der Waals surface area (Å²) in [6.07, 6.45) is 1.60. The lowest BCUT2D eigenvalue weighted by Gasteiger charge is -2.29. The third-order valence-electron chi connectivity index (χ3n) is 3.87. The molecule has 0 bridgehead atoms. The summed E-state index contributed by atoms with van der Waals surface area (Å²) in [7, 11) is 0. The van der Waals surface area contributed by atoms with E-state index in [9.17, 15) is 4.39 Å². The van der Waals surface area contributed by atoms with Crippen LogP contribution in [0.1, 0.15) is 11.1 Å². The van der Waals surface area contributed by atoms with Crippen LogP contribution < -0.4 is 10.5 Å². The molecule has 0 spiro atoms. The number of fused-ring (bicyclic) bond motifs is 1. The Kier molecular flexibility index (Phi) is 3.70. The molecule has 0 aliphatic carbocycles. The molecule has 1 aliphatic rings. The Morgan fingerprint density at radius 2 is 2.05 bits per heavy atom. The fourth-order valence-corrected chi connectivity index (χ4v) is 2.73. The Morgan fingerprint density at radius 3 is 2.90 bits per heavy atom. The Bertz CT molecular complexity index is 599. The highest BCUT2D eigenvalue weighted by Gasteiger charge is 2.25. The fourth-order valence-electron chi connectivity index (χ4n) is 2.73. The molecule has 0 aromatic heterocycles. The van der Waals surface area contributed by atoms with E-state index in [1.807, 2.05) is 24.3 Å². The van der Waals surface area contributed by atoms with E-state index in [0.29, 0.717) is 13.0 Å². The SMILES string of the molecule is NC(Cc1cccc(F)c1)C1COc2ccccc2C1. The van der Waals surface area contributed by atoms with Crippen molar-refractivity contribution >= 4 is 0 Å². The van der Waals surface area contributed by atoms with Crippen molar-refractivity contribution in [3.05, 3.63) is 65.5 Å². The molecule has 1 aliphatic heterocycles. The maximum Gasteiger partial charge on any atom is 0.123 e. The van der Waals surface area contributed by atoms with Gasteiger partial charge >= 0.3 is 0 Å². The molecular weight excluding hydrogens is 253 g/mol. The Hall–Kier alpha value is -1.87. The highest BCUT2D eigenvalue weighted by Crippen LogP contribution is 2.28. The van der Waals surface area contributed by atoms with E-state index in [-0.39, 0.29) is 17.8 Å².